The van der Waals surface area contributed by atoms with Gasteiger partial charge in [-0.2, -0.15) is 0 Å². The Balaban J connectivity index is 1.61. The van der Waals surface area contributed by atoms with Crippen molar-refractivity contribution in [3.8, 4) is 0 Å². The summed E-state index contributed by atoms with van der Waals surface area (Å²) in [7, 11) is 0. The van der Waals surface area contributed by atoms with Gasteiger partial charge in [0.2, 0.25) is 11.8 Å². The van der Waals surface area contributed by atoms with E-state index < -0.39 is 6.04 Å². The minimum absolute atomic E-state index is 0.179. The topological polar surface area (TPSA) is 100 Å². The highest BCUT2D eigenvalue weighted by molar-refractivity contribution is 5.90. The predicted molar refractivity (Wildman–Crippen MR) is 135 cm³/mol. The number of aromatic nitrogens is 1. The lowest BCUT2D eigenvalue weighted by Crippen LogP contribution is -2.49. The fourth-order valence-electron chi connectivity index (χ4n) is 4.15. The molecule has 1 unspecified atom stereocenters. The summed E-state index contributed by atoms with van der Waals surface area (Å²) in [5, 5.41) is 7.17. The predicted octanol–water partition coefficient (Wildman–Crippen LogP) is 3.84. The number of carbonyl (C=O) groups excluding carboxylic acids is 2. The third-order valence-electron chi connectivity index (χ3n) is 5.91. The van der Waals surface area contributed by atoms with Crippen LogP contribution in [0.4, 0.5) is 0 Å². The number of para-hydroxylation sites is 1. The maximum absolute atomic E-state index is 13.6. The van der Waals surface area contributed by atoms with Gasteiger partial charge in [0.1, 0.15) is 6.04 Å². The van der Waals surface area contributed by atoms with Crippen LogP contribution in [0.5, 0.6) is 0 Å². The number of nitrogens with one attached hydrogen (secondary N) is 3. The third-order valence-corrected chi connectivity index (χ3v) is 5.91. The highest BCUT2D eigenvalue weighted by Gasteiger charge is 2.26. The standard InChI is InChI=1S/C28H30N4O2/c29-17-9-16-26(33)31-25(18-22-19-30-24-15-8-7-14-23(22)24)28(34)32-27(20-10-3-1-4-11-20)21-12-5-2-6-13-21/h1-8,10-15,19,25,27,30H,9,16-18,29H2,(H,31,33)(H,32,34). The van der Waals surface area contributed by atoms with Crippen molar-refractivity contribution < 1.29 is 9.59 Å². The third kappa shape index (κ3) is 5.71. The quantitative estimate of drug-likeness (QED) is 0.293. The van der Waals surface area contributed by atoms with Crippen molar-refractivity contribution in [2.75, 3.05) is 6.54 Å². The number of benzene rings is 3. The zero-order valence-corrected chi connectivity index (χ0v) is 19.0. The maximum atomic E-state index is 13.6. The first-order chi connectivity index (χ1) is 16.7. The molecule has 1 heterocycles. The number of fused-ring (bicyclic) bond motifs is 1. The zero-order valence-electron chi connectivity index (χ0n) is 19.0. The summed E-state index contributed by atoms with van der Waals surface area (Å²) in [5.41, 5.74) is 9.49. The van der Waals surface area contributed by atoms with Gasteiger partial charge in [0, 0.05) is 29.9 Å². The van der Waals surface area contributed by atoms with Gasteiger partial charge in [0.15, 0.2) is 0 Å². The first kappa shape index (κ1) is 23.3. The average molecular weight is 455 g/mol. The van der Waals surface area contributed by atoms with E-state index in [2.05, 4.69) is 15.6 Å². The van der Waals surface area contributed by atoms with E-state index in [0.717, 1.165) is 27.6 Å². The van der Waals surface area contributed by atoms with Crippen molar-refractivity contribution in [3.05, 3.63) is 108 Å². The van der Waals surface area contributed by atoms with Crippen molar-refractivity contribution in [1.29, 1.82) is 0 Å². The summed E-state index contributed by atoms with van der Waals surface area (Å²) in [6, 6.07) is 26.6. The van der Waals surface area contributed by atoms with Gasteiger partial charge in [-0.15, -0.1) is 0 Å². The molecule has 3 aromatic carbocycles. The molecule has 4 aromatic rings. The van der Waals surface area contributed by atoms with E-state index in [1.54, 1.807) is 0 Å². The summed E-state index contributed by atoms with van der Waals surface area (Å²) >= 11 is 0. The molecule has 1 atom stereocenters. The molecular weight excluding hydrogens is 424 g/mol. The van der Waals surface area contributed by atoms with Crippen molar-refractivity contribution >= 4 is 22.7 Å². The monoisotopic (exact) mass is 454 g/mol. The average Bonchev–Trinajstić information content (AvgIpc) is 3.29. The number of carbonyl (C=O) groups is 2. The van der Waals surface area contributed by atoms with Crippen LogP contribution < -0.4 is 16.4 Å². The van der Waals surface area contributed by atoms with E-state index in [0.29, 0.717) is 19.4 Å². The van der Waals surface area contributed by atoms with Crippen LogP contribution >= 0.6 is 0 Å². The van der Waals surface area contributed by atoms with Crippen molar-refractivity contribution in [2.24, 2.45) is 5.73 Å². The summed E-state index contributed by atoms with van der Waals surface area (Å²) in [6.07, 6.45) is 3.14. The Kier molecular flexibility index (Phi) is 7.73. The van der Waals surface area contributed by atoms with Crippen LogP contribution in [-0.4, -0.2) is 29.4 Å². The van der Waals surface area contributed by atoms with Crippen LogP contribution in [-0.2, 0) is 16.0 Å². The lowest BCUT2D eigenvalue weighted by molar-refractivity contribution is -0.129. The summed E-state index contributed by atoms with van der Waals surface area (Å²) < 4.78 is 0. The second-order valence-electron chi connectivity index (χ2n) is 8.34. The van der Waals surface area contributed by atoms with Gasteiger partial charge < -0.3 is 21.4 Å². The molecule has 0 spiro atoms. The first-order valence-corrected chi connectivity index (χ1v) is 11.6. The summed E-state index contributed by atoms with van der Waals surface area (Å²) in [6.45, 7) is 0.427. The van der Waals surface area contributed by atoms with Gasteiger partial charge in [0.25, 0.3) is 0 Å². The highest BCUT2D eigenvalue weighted by Crippen LogP contribution is 2.23. The lowest BCUT2D eigenvalue weighted by atomic mass is 9.97. The smallest absolute Gasteiger partial charge is 0.243 e. The van der Waals surface area contributed by atoms with Crippen LogP contribution in [0.1, 0.15) is 35.6 Å². The second kappa shape index (κ2) is 11.3. The molecule has 0 bridgehead atoms. The number of amides is 2. The van der Waals surface area contributed by atoms with E-state index in [9.17, 15) is 9.59 Å². The van der Waals surface area contributed by atoms with Crippen molar-refractivity contribution in [1.82, 2.24) is 15.6 Å². The molecule has 0 saturated carbocycles. The molecule has 0 aliphatic heterocycles. The molecule has 0 fully saturated rings. The fraction of sp³-hybridized carbons (Fsp3) is 0.214. The molecule has 2 amide bonds. The van der Waals surface area contributed by atoms with E-state index in [1.807, 2.05) is 91.1 Å². The van der Waals surface area contributed by atoms with Gasteiger partial charge in [-0.3, -0.25) is 9.59 Å². The first-order valence-electron chi connectivity index (χ1n) is 11.6. The summed E-state index contributed by atoms with van der Waals surface area (Å²) in [4.78, 5) is 29.4. The second-order valence-corrected chi connectivity index (χ2v) is 8.34. The Morgan fingerprint density at radius 3 is 2.09 bits per heavy atom. The SMILES string of the molecule is NCCCC(=O)NC(Cc1c[nH]c2ccccc12)C(=O)NC(c1ccccc1)c1ccccc1. The van der Waals surface area contributed by atoms with Gasteiger partial charge in [-0.05, 0) is 35.7 Å². The molecule has 1 aromatic heterocycles. The molecule has 0 aliphatic carbocycles. The molecule has 0 saturated heterocycles. The normalized spacial score (nSPS) is 11.9. The van der Waals surface area contributed by atoms with Crippen molar-refractivity contribution in [2.45, 2.75) is 31.3 Å². The Labute approximate surface area is 199 Å². The molecule has 0 aliphatic rings. The largest absolute Gasteiger partial charge is 0.361 e. The lowest BCUT2D eigenvalue weighted by Gasteiger charge is -2.24. The fourth-order valence-corrected chi connectivity index (χ4v) is 4.15. The van der Waals surface area contributed by atoms with Crippen LogP contribution in [0, 0.1) is 0 Å². The molecule has 174 valence electrons. The minimum Gasteiger partial charge on any atom is -0.361 e. The summed E-state index contributed by atoms with van der Waals surface area (Å²) in [5.74, 6) is -0.412. The van der Waals surface area contributed by atoms with Gasteiger partial charge in [-0.25, -0.2) is 0 Å². The number of aromatic amines is 1. The molecule has 0 radical (unpaired) electrons. The number of nitrogens with two attached hydrogens (primary N) is 1. The maximum Gasteiger partial charge on any atom is 0.243 e. The van der Waals surface area contributed by atoms with Crippen LogP contribution in [0.25, 0.3) is 10.9 Å². The number of hydrogen-bond donors (Lipinski definition) is 4. The molecule has 4 rings (SSSR count). The van der Waals surface area contributed by atoms with E-state index in [-0.39, 0.29) is 24.3 Å². The molecule has 5 N–H and O–H groups in total. The minimum atomic E-state index is -0.723. The Morgan fingerprint density at radius 2 is 1.44 bits per heavy atom. The molecule has 34 heavy (non-hydrogen) atoms. The number of hydrogen-bond acceptors (Lipinski definition) is 3. The highest BCUT2D eigenvalue weighted by atomic mass is 16.2. The van der Waals surface area contributed by atoms with Crippen LogP contribution in [0.2, 0.25) is 0 Å². The van der Waals surface area contributed by atoms with Crippen LogP contribution in [0.3, 0.4) is 0 Å². The molecular formula is C28H30N4O2. The van der Waals surface area contributed by atoms with E-state index >= 15 is 0 Å². The van der Waals surface area contributed by atoms with Gasteiger partial charge in [0.05, 0.1) is 6.04 Å². The van der Waals surface area contributed by atoms with Crippen LogP contribution in [0.15, 0.2) is 91.1 Å². The molecule has 6 nitrogen and oxygen atoms in total. The Bertz CT molecular complexity index is 1180. The van der Waals surface area contributed by atoms with E-state index in [4.69, 9.17) is 5.73 Å². The Hall–Kier alpha value is -3.90. The molecule has 6 heteroatoms. The zero-order chi connectivity index (χ0) is 23.8. The van der Waals surface area contributed by atoms with Gasteiger partial charge >= 0.3 is 0 Å². The van der Waals surface area contributed by atoms with Gasteiger partial charge in [-0.1, -0.05) is 78.9 Å². The van der Waals surface area contributed by atoms with E-state index in [1.165, 1.54) is 0 Å². The number of H-pyrrole nitrogens is 1. The van der Waals surface area contributed by atoms with Crippen molar-refractivity contribution in [3.63, 3.8) is 0 Å². The Morgan fingerprint density at radius 1 is 0.824 bits per heavy atom. The number of rotatable bonds is 10.